The summed E-state index contributed by atoms with van der Waals surface area (Å²) >= 11 is 5.63. The van der Waals surface area contributed by atoms with Gasteiger partial charge in [0.25, 0.3) is 5.56 Å². The fourth-order valence-electron chi connectivity index (χ4n) is 1.63. The van der Waals surface area contributed by atoms with E-state index in [1.54, 1.807) is 17.7 Å². The average molecular weight is 420 g/mol. The zero-order valence-corrected chi connectivity index (χ0v) is 13.4. The molecular formula is C13H11BrINO2. The minimum absolute atomic E-state index is 0.00218. The first-order valence-electron chi connectivity index (χ1n) is 5.28. The van der Waals surface area contributed by atoms with E-state index in [1.165, 1.54) is 0 Å². The van der Waals surface area contributed by atoms with Gasteiger partial charge in [-0.2, -0.15) is 0 Å². The minimum Gasteiger partial charge on any atom is -0.496 e. The molecule has 0 fully saturated rings. The van der Waals surface area contributed by atoms with Crippen LogP contribution in [0.2, 0.25) is 0 Å². The molecule has 2 aromatic rings. The minimum atomic E-state index is 0.00218. The van der Waals surface area contributed by atoms with E-state index in [4.69, 9.17) is 4.74 Å². The normalized spacial score (nSPS) is 10.4. The zero-order chi connectivity index (χ0) is 13.1. The van der Waals surface area contributed by atoms with Gasteiger partial charge in [0.1, 0.15) is 5.75 Å². The molecule has 0 N–H and O–H groups in total. The molecule has 1 aromatic carbocycles. The molecule has 0 radical (unpaired) electrons. The Morgan fingerprint density at radius 3 is 2.78 bits per heavy atom. The molecule has 2 rings (SSSR count). The van der Waals surface area contributed by atoms with Crippen molar-refractivity contribution in [1.29, 1.82) is 0 Å². The van der Waals surface area contributed by atoms with Gasteiger partial charge >= 0.3 is 0 Å². The van der Waals surface area contributed by atoms with Gasteiger partial charge in [-0.05, 0) is 62.3 Å². The van der Waals surface area contributed by atoms with Crippen molar-refractivity contribution in [3.8, 4) is 5.75 Å². The lowest BCUT2D eigenvalue weighted by Gasteiger charge is -2.08. The van der Waals surface area contributed by atoms with E-state index < -0.39 is 0 Å². The molecular weight excluding hydrogens is 409 g/mol. The van der Waals surface area contributed by atoms with Gasteiger partial charge in [-0.15, -0.1) is 0 Å². The molecule has 0 amide bonds. The first kappa shape index (κ1) is 13.6. The second kappa shape index (κ2) is 5.88. The smallest absolute Gasteiger partial charge is 0.250 e. The summed E-state index contributed by atoms with van der Waals surface area (Å²) < 4.78 is 8.80. The number of nitrogens with zero attached hydrogens (tertiary/aromatic N) is 1. The van der Waals surface area contributed by atoms with Gasteiger partial charge in [0.2, 0.25) is 0 Å². The van der Waals surface area contributed by atoms with Crippen molar-refractivity contribution in [2.45, 2.75) is 6.54 Å². The van der Waals surface area contributed by atoms with Gasteiger partial charge in [-0.25, -0.2) is 0 Å². The van der Waals surface area contributed by atoms with Crippen LogP contribution in [0.15, 0.2) is 45.8 Å². The van der Waals surface area contributed by atoms with E-state index in [2.05, 4.69) is 38.5 Å². The molecule has 0 saturated carbocycles. The Bertz CT molecular complexity index is 625. The SMILES string of the molecule is COc1ccc(Cn2cc(I)ccc2=O)cc1Br. The average Bonchev–Trinajstić information content (AvgIpc) is 2.34. The van der Waals surface area contributed by atoms with Gasteiger partial charge < -0.3 is 9.30 Å². The maximum atomic E-state index is 11.7. The second-order valence-corrected chi connectivity index (χ2v) is 5.88. The number of rotatable bonds is 3. The summed E-state index contributed by atoms with van der Waals surface area (Å²) in [7, 11) is 1.63. The molecule has 1 heterocycles. The molecule has 3 nitrogen and oxygen atoms in total. The topological polar surface area (TPSA) is 31.2 Å². The third-order valence-electron chi connectivity index (χ3n) is 2.52. The summed E-state index contributed by atoms with van der Waals surface area (Å²) in [5.41, 5.74) is 1.05. The van der Waals surface area contributed by atoms with E-state index in [9.17, 15) is 4.79 Å². The summed E-state index contributed by atoms with van der Waals surface area (Å²) in [5.74, 6) is 0.786. The second-order valence-electron chi connectivity index (χ2n) is 3.78. The van der Waals surface area contributed by atoms with Crippen LogP contribution in [0.25, 0.3) is 0 Å². The molecule has 18 heavy (non-hydrogen) atoms. The van der Waals surface area contributed by atoms with Crippen LogP contribution in [0.5, 0.6) is 5.75 Å². The first-order chi connectivity index (χ1) is 8.60. The Morgan fingerprint density at radius 2 is 2.11 bits per heavy atom. The third kappa shape index (κ3) is 3.14. The quantitative estimate of drug-likeness (QED) is 0.715. The van der Waals surface area contributed by atoms with Crippen LogP contribution in [0.3, 0.4) is 0 Å². The van der Waals surface area contributed by atoms with Crippen LogP contribution in [-0.2, 0) is 6.54 Å². The van der Waals surface area contributed by atoms with Gasteiger partial charge in [0, 0.05) is 15.8 Å². The third-order valence-corrected chi connectivity index (χ3v) is 3.77. The lowest BCUT2D eigenvalue weighted by atomic mass is 10.2. The van der Waals surface area contributed by atoms with Gasteiger partial charge in [0.05, 0.1) is 18.1 Å². The highest BCUT2D eigenvalue weighted by molar-refractivity contribution is 14.1. The van der Waals surface area contributed by atoms with Crippen molar-refractivity contribution in [2.75, 3.05) is 7.11 Å². The molecule has 0 spiro atoms. The van der Waals surface area contributed by atoms with E-state index in [1.807, 2.05) is 30.5 Å². The summed E-state index contributed by atoms with van der Waals surface area (Å²) in [6, 6.07) is 9.20. The highest BCUT2D eigenvalue weighted by Gasteiger charge is 2.03. The van der Waals surface area contributed by atoms with Crippen molar-refractivity contribution in [3.63, 3.8) is 0 Å². The lowest BCUT2D eigenvalue weighted by Crippen LogP contribution is -2.19. The molecule has 94 valence electrons. The Hall–Kier alpha value is -0.820. The number of hydrogen-bond acceptors (Lipinski definition) is 2. The fraction of sp³-hybridized carbons (Fsp3) is 0.154. The van der Waals surface area contributed by atoms with Crippen LogP contribution in [0, 0.1) is 3.57 Å². The monoisotopic (exact) mass is 419 g/mol. The Labute approximate surface area is 127 Å². The maximum absolute atomic E-state index is 11.7. The van der Waals surface area contributed by atoms with E-state index >= 15 is 0 Å². The van der Waals surface area contributed by atoms with Crippen LogP contribution in [-0.4, -0.2) is 11.7 Å². The molecule has 0 aliphatic heterocycles. The van der Waals surface area contributed by atoms with Crippen molar-refractivity contribution in [1.82, 2.24) is 4.57 Å². The lowest BCUT2D eigenvalue weighted by molar-refractivity contribution is 0.412. The Morgan fingerprint density at radius 1 is 1.33 bits per heavy atom. The van der Waals surface area contributed by atoms with Crippen molar-refractivity contribution >= 4 is 38.5 Å². The number of pyridine rings is 1. The molecule has 1 aromatic heterocycles. The van der Waals surface area contributed by atoms with Crippen LogP contribution >= 0.6 is 38.5 Å². The highest BCUT2D eigenvalue weighted by atomic mass is 127. The molecule has 0 atom stereocenters. The number of hydrogen-bond donors (Lipinski definition) is 0. The maximum Gasteiger partial charge on any atom is 0.250 e. The zero-order valence-electron chi connectivity index (χ0n) is 9.69. The van der Waals surface area contributed by atoms with Crippen molar-refractivity contribution in [2.24, 2.45) is 0 Å². The largest absolute Gasteiger partial charge is 0.496 e. The van der Waals surface area contributed by atoms with Gasteiger partial charge in [0.15, 0.2) is 0 Å². The van der Waals surface area contributed by atoms with Gasteiger partial charge in [-0.1, -0.05) is 6.07 Å². The van der Waals surface area contributed by atoms with E-state index in [0.717, 1.165) is 19.4 Å². The molecule has 5 heteroatoms. The van der Waals surface area contributed by atoms with E-state index in [0.29, 0.717) is 6.54 Å². The first-order valence-corrected chi connectivity index (χ1v) is 7.16. The predicted molar refractivity (Wildman–Crippen MR) is 83.2 cm³/mol. The summed E-state index contributed by atoms with van der Waals surface area (Å²) in [6.45, 7) is 0.554. The standard InChI is InChI=1S/C13H11BrINO2/c1-18-12-4-2-9(6-11(12)14)7-16-8-10(15)3-5-13(16)17/h2-6,8H,7H2,1H3. The summed E-state index contributed by atoms with van der Waals surface area (Å²) in [6.07, 6.45) is 1.85. The molecule has 0 aliphatic carbocycles. The Kier molecular flexibility index (Phi) is 4.45. The molecule has 0 bridgehead atoms. The summed E-state index contributed by atoms with van der Waals surface area (Å²) in [5, 5.41) is 0. The molecule has 0 aliphatic rings. The highest BCUT2D eigenvalue weighted by Crippen LogP contribution is 2.25. The molecule has 0 unspecified atom stereocenters. The van der Waals surface area contributed by atoms with Crippen LogP contribution < -0.4 is 10.3 Å². The molecule has 0 saturated heterocycles. The van der Waals surface area contributed by atoms with Gasteiger partial charge in [-0.3, -0.25) is 4.79 Å². The fourth-order valence-corrected chi connectivity index (χ4v) is 2.73. The van der Waals surface area contributed by atoms with Crippen molar-refractivity contribution < 1.29 is 4.74 Å². The van der Waals surface area contributed by atoms with Crippen LogP contribution in [0.1, 0.15) is 5.56 Å². The van der Waals surface area contributed by atoms with Crippen molar-refractivity contribution in [3.05, 3.63) is 60.5 Å². The number of ether oxygens (including phenoxy) is 1. The Balaban J connectivity index is 2.31. The number of halogens is 2. The van der Waals surface area contributed by atoms with Crippen LogP contribution in [0.4, 0.5) is 0 Å². The number of benzene rings is 1. The predicted octanol–water partition coefficient (Wildman–Crippen LogP) is 3.27. The van der Waals surface area contributed by atoms with E-state index in [-0.39, 0.29) is 5.56 Å². The number of aromatic nitrogens is 1. The summed E-state index contributed by atoms with van der Waals surface area (Å²) in [4.78, 5) is 11.7. The number of methoxy groups -OCH3 is 1.